The highest BCUT2D eigenvalue weighted by Gasteiger charge is 2.17. The van der Waals surface area contributed by atoms with Gasteiger partial charge in [0.15, 0.2) is 0 Å². The molecule has 0 saturated heterocycles. The Hall–Kier alpha value is -2.23. The second-order valence-corrected chi connectivity index (χ2v) is 7.16. The zero-order valence-electron chi connectivity index (χ0n) is 12.8. The number of halogens is 1. The molecule has 0 radical (unpaired) electrons. The van der Waals surface area contributed by atoms with Crippen LogP contribution < -0.4 is 5.14 Å². The molecule has 2 aromatic heterocycles. The Labute approximate surface area is 143 Å². The lowest BCUT2D eigenvalue weighted by Crippen LogP contribution is -2.12. The summed E-state index contributed by atoms with van der Waals surface area (Å²) in [6.07, 6.45) is 1.26. The van der Waals surface area contributed by atoms with Crippen molar-refractivity contribution in [3.8, 4) is 0 Å². The van der Waals surface area contributed by atoms with Crippen LogP contribution in [0.3, 0.4) is 0 Å². The largest absolute Gasteiger partial charge is 0.259 e. The summed E-state index contributed by atoms with van der Waals surface area (Å²) in [4.78, 5) is 0. The molecule has 8 nitrogen and oxygen atoms in total. The second-order valence-electron chi connectivity index (χ2n) is 5.30. The first-order valence-corrected chi connectivity index (χ1v) is 8.95. The quantitative estimate of drug-likeness (QED) is 0.729. The third-order valence-electron chi connectivity index (χ3n) is 3.49. The van der Waals surface area contributed by atoms with E-state index < -0.39 is 10.0 Å². The summed E-state index contributed by atoms with van der Waals surface area (Å²) in [6.45, 7) is 2.63. The van der Waals surface area contributed by atoms with E-state index >= 15 is 0 Å². The zero-order chi connectivity index (χ0) is 17.3. The average molecular weight is 367 g/mol. The molecule has 10 heteroatoms. The van der Waals surface area contributed by atoms with Crippen molar-refractivity contribution in [2.45, 2.75) is 25.0 Å². The van der Waals surface area contributed by atoms with Crippen molar-refractivity contribution in [1.82, 2.24) is 24.8 Å². The highest BCUT2D eigenvalue weighted by molar-refractivity contribution is 7.89. The van der Waals surface area contributed by atoms with E-state index in [0.29, 0.717) is 11.7 Å². The van der Waals surface area contributed by atoms with Crippen LogP contribution in [0.1, 0.15) is 16.8 Å². The predicted octanol–water partition coefficient (Wildman–Crippen LogP) is 1.18. The van der Waals surface area contributed by atoms with Gasteiger partial charge in [0.1, 0.15) is 5.15 Å². The molecule has 0 spiro atoms. The third-order valence-corrected chi connectivity index (χ3v) is 4.68. The van der Waals surface area contributed by atoms with Crippen molar-refractivity contribution in [3.63, 3.8) is 0 Å². The molecule has 24 heavy (non-hydrogen) atoms. The highest BCUT2D eigenvalue weighted by atomic mass is 35.5. The Morgan fingerprint density at radius 1 is 1.21 bits per heavy atom. The van der Waals surface area contributed by atoms with Crippen molar-refractivity contribution in [1.29, 1.82) is 0 Å². The number of nitrogens with two attached hydrogens (primary N) is 1. The first-order valence-electron chi connectivity index (χ1n) is 7.03. The Morgan fingerprint density at radius 3 is 2.54 bits per heavy atom. The van der Waals surface area contributed by atoms with Gasteiger partial charge in [0.2, 0.25) is 5.03 Å². The lowest BCUT2D eigenvalue weighted by Gasteiger charge is -2.04. The number of aryl methyl sites for hydroxylation is 1. The van der Waals surface area contributed by atoms with Gasteiger partial charge in [-0.1, -0.05) is 47.1 Å². The molecule has 0 fully saturated rings. The number of hydrogen-bond acceptors (Lipinski definition) is 5. The molecule has 0 aliphatic rings. The molecule has 126 valence electrons. The van der Waals surface area contributed by atoms with E-state index in [4.69, 9.17) is 16.7 Å². The lowest BCUT2D eigenvalue weighted by molar-refractivity contribution is 0.593. The number of aromatic nitrogens is 5. The summed E-state index contributed by atoms with van der Waals surface area (Å²) in [5.74, 6) is 0. The summed E-state index contributed by atoms with van der Waals surface area (Å²) < 4.78 is 25.6. The van der Waals surface area contributed by atoms with E-state index in [1.165, 1.54) is 10.9 Å². The molecule has 0 amide bonds. The van der Waals surface area contributed by atoms with Gasteiger partial charge < -0.3 is 0 Å². The van der Waals surface area contributed by atoms with Crippen molar-refractivity contribution in [2.75, 3.05) is 0 Å². The number of rotatable bonds is 5. The molecule has 0 aliphatic heterocycles. The molecule has 1 aromatic carbocycles. The topological polar surface area (TPSA) is 109 Å². The fraction of sp³-hybridized carbons (Fsp3) is 0.214. The normalized spacial score (nSPS) is 11.8. The monoisotopic (exact) mass is 366 g/mol. The summed E-state index contributed by atoms with van der Waals surface area (Å²) >= 11 is 6.42. The Bertz CT molecular complexity index is 965. The van der Waals surface area contributed by atoms with Gasteiger partial charge in [0, 0.05) is 5.56 Å². The molecule has 3 aromatic rings. The van der Waals surface area contributed by atoms with E-state index in [2.05, 4.69) is 15.4 Å². The van der Waals surface area contributed by atoms with Crippen LogP contribution in [0.25, 0.3) is 0 Å². The van der Waals surface area contributed by atoms with Gasteiger partial charge in [-0.2, -0.15) is 5.10 Å². The summed E-state index contributed by atoms with van der Waals surface area (Å²) in [6, 6.07) is 9.82. The van der Waals surface area contributed by atoms with Gasteiger partial charge >= 0.3 is 0 Å². The van der Waals surface area contributed by atoms with E-state index in [-0.39, 0.29) is 11.6 Å². The third kappa shape index (κ3) is 3.48. The van der Waals surface area contributed by atoms with Crippen LogP contribution in [0.15, 0.2) is 41.6 Å². The standard InChI is InChI=1S/C14H15ClN6O2S/c1-10-12(8-20-9-13(17-19-20)24(16,22)23)14(15)21(18-10)7-11-5-3-2-4-6-11/h2-6,9H,7-8H2,1H3,(H2,16,22,23). The minimum absolute atomic E-state index is 0.252. The molecule has 2 heterocycles. The first kappa shape index (κ1) is 16.6. The van der Waals surface area contributed by atoms with E-state index in [9.17, 15) is 8.42 Å². The number of benzene rings is 1. The van der Waals surface area contributed by atoms with Gasteiger partial charge in [-0.15, -0.1) is 5.10 Å². The van der Waals surface area contributed by atoms with E-state index in [0.717, 1.165) is 16.8 Å². The zero-order valence-corrected chi connectivity index (χ0v) is 14.4. The van der Waals surface area contributed by atoms with Gasteiger partial charge in [-0.25, -0.2) is 22.9 Å². The molecule has 3 rings (SSSR count). The summed E-state index contributed by atoms with van der Waals surface area (Å²) in [5, 5.41) is 17.0. The number of sulfonamides is 1. The van der Waals surface area contributed by atoms with E-state index in [1.54, 1.807) is 4.68 Å². The minimum atomic E-state index is -3.88. The lowest BCUT2D eigenvalue weighted by atomic mass is 10.2. The van der Waals surface area contributed by atoms with Crippen LogP contribution in [0, 0.1) is 6.92 Å². The SMILES string of the molecule is Cc1nn(Cc2ccccc2)c(Cl)c1Cn1cc(S(N)(=O)=O)nn1. The van der Waals surface area contributed by atoms with Crippen LogP contribution in [0.2, 0.25) is 5.15 Å². The summed E-state index contributed by atoms with van der Waals surface area (Å²) in [5.41, 5.74) is 2.56. The van der Waals surface area contributed by atoms with Gasteiger partial charge in [0.25, 0.3) is 10.0 Å². The summed E-state index contributed by atoms with van der Waals surface area (Å²) in [7, 11) is -3.88. The molecule has 0 unspecified atom stereocenters. The Kier molecular flexibility index (Phi) is 4.39. The minimum Gasteiger partial charge on any atom is -0.249 e. The fourth-order valence-electron chi connectivity index (χ4n) is 2.28. The van der Waals surface area contributed by atoms with E-state index in [1.807, 2.05) is 37.3 Å². The average Bonchev–Trinajstić information content (AvgIpc) is 3.09. The Morgan fingerprint density at radius 2 is 1.92 bits per heavy atom. The van der Waals surface area contributed by atoms with Crippen LogP contribution in [0.5, 0.6) is 0 Å². The highest BCUT2D eigenvalue weighted by Crippen LogP contribution is 2.22. The molecule has 2 N–H and O–H groups in total. The molecular weight excluding hydrogens is 352 g/mol. The maximum atomic E-state index is 11.3. The molecular formula is C14H15ClN6O2S. The van der Waals surface area contributed by atoms with Gasteiger partial charge in [-0.05, 0) is 12.5 Å². The van der Waals surface area contributed by atoms with Crippen molar-refractivity contribution in [3.05, 3.63) is 58.5 Å². The van der Waals surface area contributed by atoms with Gasteiger partial charge in [-0.3, -0.25) is 0 Å². The van der Waals surface area contributed by atoms with Crippen molar-refractivity contribution >= 4 is 21.6 Å². The maximum absolute atomic E-state index is 11.3. The predicted molar refractivity (Wildman–Crippen MR) is 88.0 cm³/mol. The number of primary sulfonamides is 1. The van der Waals surface area contributed by atoms with Crippen LogP contribution in [0.4, 0.5) is 0 Å². The maximum Gasteiger partial charge on any atom is 0.259 e. The van der Waals surface area contributed by atoms with Crippen LogP contribution >= 0.6 is 11.6 Å². The molecule has 0 atom stereocenters. The molecule has 0 saturated carbocycles. The molecule has 0 aliphatic carbocycles. The smallest absolute Gasteiger partial charge is 0.249 e. The second kappa shape index (κ2) is 6.34. The molecule has 0 bridgehead atoms. The van der Waals surface area contributed by atoms with Gasteiger partial charge in [0.05, 0.1) is 25.0 Å². The fourth-order valence-corrected chi connectivity index (χ4v) is 2.99. The van der Waals surface area contributed by atoms with Crippen LogP contribution in [-0.2, 0) is 23.1 Å². The van der Waals surface area contributed by atoms with Crippen molar-refractivity contribution in [2.24, 2.45) is 5.14 Å². The van der Waals surface area contributed by atoms with Crippen LogP contribution in [-0.4, -0.2) is 33.2 Å². The van der Waals surface area contributed by atoms with Crippen molar-refractivity contribution < 1.29 is 8.42 Å². The Balaban J connectivity index is 1.85. The number of nitrogens with zero attached hydrogens (tertiary/aromatic N) is 5. The first-order chi connectivity index (χ1) is 11.3. The number of hydrogen-bond donors (Lipinski definition) is 1.